The van der Waals surface area contributed by atoms with Crippen molar-refractivity contribution in [2.75, 3.05) is 18.5 Å². The molecule has 3 aliphatic rings. The molecular weight excluding hydrogens is 384 g/mol. The van der Waals surface area contributed by atoms with Crippen LogP contribution < -0.4 is 5.32 Å². The van der Waals surface area contributed by atoms with E-state index in [1.165, 1.54) is 23.1 Å². The second-order valence-electron chi connectivity index (χ2n) is 7.92. The summed E-state index contributed by atoms with van der Waals surface area (Å²) >= 11 is 5.79. The minimum atomic E-state index is -0.662. The zero-order valence-electron chi connectivity index (χ0n) is 15.6. The molecule has 2 N–H and O–H groups in total. The number of nitrogens with zero attached hydrogens (tertiary/aromatic N) is 1. The van der Waals surface area contributed by atoms with Crippen LogP contribution in [-0.2, 0) is 14.3 Å². The Morgan fingerprint density at radius 2 is 1.89 bits per heavy atom. The van der Waals surface area contributed by atoms with E-state index >= 15 is 0 Å². The number of hydrogen-bond acceptors (Lipinski definition) is 5. The first-order valence-corrected chi connectivity index (χ1v) is 10.0. The standard InChI is InChI=1S/C20H23ClN2O5/c1-10-12-4-5-13(10)17-16(12)18(25)23(19(17)26)7-2-8-28-20(27)22-11-3-6-15(24)14(21)9-11/h3,6,9-10,12-13,16-17,24H,2,4-5,7-8H2,1H3,(H,22,27). The van der Waals surface area contributed by atoms with Crippen molar-refractivity contribution < 1.29 is 24.2 Å². The van der Waals surface area contributed by atoms with Gasteiger partial charge in [0.15, 0.2) is 0 Å². The number of carbonyl (C=O) groups is 3. The van der Waals surface area contributed by atoms with Gasteiger partial charge in [-0.3, -0.25) is 19.8 Å². The Bertz CT molecular complexity index is 799. The molecule has 0 radical (unpaired) electrons. The van der Waals surface area contributed by atoms with Gasteiger partial charge in [0.1, 0.15) is 5.75 Å². The Hall–Kier alpha value is -2.28. The van der Waals surface area contributed by atoms with E-state index in [9.17, 15) is 19.5 Å². The van der Waals surface area contributed by atoms with Crippen LogP contribution in [0.15, 0.2) is 18.2 Å². The molecule has 3 amide bonds. The fourth-order valence-electron chi connectivity index (χ4n) is 5.26. The predicted molar refractivity (Wildman–Crippen MR) is 102 cm³/mol. The van der Waals surface area contributed by atoms with Gasteiger partial charge in [0.05, 0.1) is 23.5 Å². The number of rotatable bonds is 5. The lowest BCUT2D eigenvalue weighted by molar-refractivity contribution is -0.141. The Labute approximate surface area is 168 Å². The SMILES string of the molecule is CC1C2CCC1C1C(=O)N(CCCOC(=O)Nc3ccc(O)c(Cl)c3)C(=O)C21. The van der Waals surface area contributed by atoms with Crippen LogP contribution in [0.5, 0.6) is 5.75 Å². The van der Waals surface area contributed by atoms with Crippen LogP contribution in [0, 0.1) is 29.6 Å². The van der Waals surface area contributed by atoms with Crippen molar-refractivity contribution in [3.05, 3.63) is 23.2 Å². The third-order valence-electron chi connectivity index (χ3n) is 6.55. The number of benzene rings is 1. The largest absolute Gasteiger partial charge is 0.506 e. The summed E-state index contributed by atoms with van der Waals surface area (Å²) < 4.78 is 5.11. The number of halogens is 1. The molecule has 1 aliphatic heterocycles. The number of nitrogens with one attached hydrogen (secondary N) is 1. The summed E-state index contributed by atoms with van der Waals surface area (Å²) in [4.78, 5) is 38.6. The highest BCUT2D eigenvalue weighted by Gasteiger charge is 2.63. The second-order valence-corrected chi connectivity index (χ2v) is 8.33. The van der Waals surface area contributed by atoms with Crippen molar-refractivity contribution in [1.29, 1.82) is 0 Å². The Morgan fingerprint density at radius 3 is 2.50 bits per heavy atom. The zero-order chi connectivity index (χ0) is 20.0. The number of phenols is 1. The molecule has 3 fully saturated rings. The van der Waals surface area contributed by atoms with Gasteiger partial charge >= 0.3 is 6.09 Å². The van der Waals surface area contributed by atoms with E-state index in [-0.39, 0.29) is 47.6 Å². The van der Waals surface area contributed by atoms with Crippen molar-refractivity contribution in [3.63, 3.8) is 0 Å². The van der Waals surface area contributed by atoms with Crippen molar-refractivity contribution in [2.24, 2.45) is 29.6 Å². The average Bonchev–Trinajstić information content (AvgIpc) is 3.24. The molecule has 2 aliphatic carbocycles. The van der Waals surface area contributed by atoms with Crippen LogP contribution in [0.3, 0.4) is 0 Å². The monoisotopic (exact) mass is 406 g/mol. The number of likely N-dealkylation sites (tertiary alicyclic amines) is 1. The second kappa shape index (κ2) is 7.28. The molecule has 7 nitrogen and oxygen atoms in total. The third kappa shape index (κ3) is 3.11. The van der Waals surface area contributed by atoms with Gasteiger partial charge < -0.3 is 9.84 Å². The van der Waals surface area contributed by atoms with Crippen LogP contribution in [-0.4, -0.2) is 41.1 Å². The molecule has 1 saturated heterocycles. The minimum Gasteiger partial charge on any atom is -0.506 e. The van der Waals surface area contributed by atoms with Crippen molar-refractivity contribution in [2.45, 2.75) is 26.2 Å². The number of carbonyl (C=O) groups excluding carboxylic acids is 3. The maximum absolute atomic E-state index is 12.7. The van der Waals surface area contributed by atoms with Gasteiger partial charge in [-0.2, -0.15) is 0 Å². The Balaban J connectivity index is 1.24. The van der Waals surface area contributed by atoms with Crippen LogP contribution in [0.25, 0.3) is 0 Å². The average molecular weight is 407 g/mol. The summed E-state index contributed by atoms with van der Waals surface area (Å²) in [7, 11) is 0. The molecule has 4 unspecified atom stereocenters. The number of aromatic hydroxyl groups is 1. The number of imide groups is 1. The van der Waals surface area contributed by atoms with Gasteiger partial charge in [0.2, 0.25) is 11.8 Å². The quantitative estimate of drug-likeness (QED) is 0.444. The van der Waals surface area contributed by atoms with Gasteiger partial charge in [-0.05, 0) is 55.2 Å². The minimum absolute atomic E-state index is 0.0442. The molecule has 8 heteroatoms. The highest BCUT2D eigenvalue weighted by atomic mass is 35.5. The summed E-state index contributed by atoms with van der Waals surface area (Å²) in [6.45, 7) is 2.53. The van der Waals surface area contributed by atoms with Crippen molar-refractivity contribution in [3.8, 4) is 5.75 Å². The van der Waals surface area contributed by atoms with Crippen LogP contribution >= 0.6 is 11.6 Å². The van der Waals surface area contributed by atoms with Gasteiger partial charge in [-0.15, -0.1) is 0 Å². The number of phenolic OH excluding ortho intramolecular Hbond substituents is 1. The molecule has 4 atom stereocenters. The first-order valence-electron chi connectivity index (χ1n) is 9.66. The number of ether oxygens (including phenoxy) is 1. The molecule has 1 aromatic carbocycles. The smallest absolute Gasteiger partial charge is 0.411 e. The lowest BCUT2D eigenvalue weighted by Gasteiger charge is -2.19. The highest BCUT2D eigenvalue weighted by molar-refractivity contribution is 6.32. The van der Waals surface area contributed by atoms with E-state index in [1.54, 1.807) is 0 Å². The fourth-order valence-corrected chi connectivity index (χ4v) is 5.44. The van der Waals surface area contributed by atoms with Crippen LogP contribution in [0.2, 0.25) is 5.02 Å². The Kier molecular flexibility index (Phi) is 4.95. The van der Waals surface area contributed by atoms with Gasteiger partial charge in [-0.1, -0.05) is 18.5 Å². The van der Waals surface area contributed by atoms with Crippen molar-refractivity contribution in [1.82, 2.24) is 4.90 Å². The Morgan fingerprint density at radius 1 is 1.25 bits per heavy atom. The summed E-state index contributed by atoms with van der Waals surface area (Å²) in [5, 5.41) is 12.0. The van der Waals surface area contributed by atoms with Crippen LogP contribution in [0.4, 0.5) is 10.5 Å². The van der Waals surface area contributed by atoms with E-state index in [2.05, 4.69) is 12.2 Å². The summed E-state index contributed by atoms with van der Waals surface area (Å²) in [6, 6.07) is 4.28. The number of amides is 3. The number of anilines is 1. The molecular formula is C20H23ClN2O5. The molecule has 0 spiro atoms. The van der Waals surface area contributed by atoms with E-state index in [0.717, 1.165) is 12.8 Å². The molecule has 2 saturated carbocycles. The maximum Gasteiger partial charge on any atom is 0.411 e. The third-order valence-corrected chi connectivity index (χ3v) is 6.85. The van der Waals surface area contributed by atoms with Gasteiger partial charge in [0, 0.05) is 12.2 Å². The lowest BCUT2D eigenvalue weighted by atomic mass is 9.81. The molecule has 2 bridgehead atoms. The summed E-state index contributed by atoms with van der Waals surface area (Å²) in [6.07, 6.45) is 1.82. The lowest BCUT2D eigenvalue weighted by Crippen LogP contribution is -2.35. The van der Waals surface area contributed by atoms with Crippen molar-refractivity contribution >= 4 is 35.2 Å². The molecule has 4 rings (SSSR count). The summed E-state index contributed by atoms with van der Waals surface area (Å²) in [5.41, 5.74) is 0.398. The molecule has 1 heterocycles. The first kappa shape index (κ1) is 19.1. The topological polar surface area (TPSA) is 95.9 Å². The molecule has 1 aromatic rings. The zero-order valence-corrected chi connectivity index (χ0v) is 16.3. The molecule has 28 heavy (non-hydrogen) atoms. The normalized spacial score (nSPS) is 30.6. The maximum atomic E-state index is 12.7. The van der Waals surface area contributed by atoms with E-state index < -0.39 is 6.09 Å². The first-order chi connectivity index (χ1) is 13.4. The number of fused-ring (bicyclic) bond motifs is 5. The van der Waals surface area contributed by atoms with E-state index in [0.29, 0.717) is 29.9 Å². The van der Waals surface area contributed by atoms with Gasteiger partial charge in [0.25, 0.3) is 0 Å². The van der Waals surface area contributed by atoms with Gasteiger partial charge in [-0.25, -0.2) is 4.79 Å². The van der Waals surface area contributed by atoms with Crippen LogP contribution in [0.1, 0.15) is 26.2 Å². The van der Waals surface area contributed by atoms with E-state index in [1.807, 2.05) is 0 Å². The predicted octanol–water partition coefficient (Wildman–Crippen LogP) is 3.26. The molecule has 150 valence electrons. The molecule has 0 aromatic heterocycles. The highest BCUT2D eigenvalue weighted by Crippen LogP contribution is 2.59. The number of hydrogen-bond donors (Lipinski definition) is 2. The van der Waals surface area contributed by atoms with E-state index in [4.69, 9.17) is 16.3 Å². The summed E-state index contributed by atoms with van der Waals surface area (Å²) in [5.74, 6) is 0.716. The fraction of sp³-hybridized carbons (Fsp3) is 0.550.